The molecule has 0 aromatic carbocycles. The zero-order chi connectivity index (χ0) is 10.0. The van der Waals surface area contributed by atoms with E-state index in [9.17, 15) is 9.59 Å². The Kier molecular flexibility index (Phi) is 2.24. The van der Waals surface area contributed by atoms with Crippen LogP contribution in [-0.4, -0.2) is 9.13 Å². The fourth-order valence-electron chi connectivity index (χ4n) is 0.924. The molecule has 1 rings (SSSR count). The van der Waals surface area contributed by atoms with Crippen molar-refractivity contribution in [2.24, 2.45) is 7.05 Å². The average molecular weight is 179 g/mol. The molecule has 0 saturated carbocycles. The van der Waals surface area contributed by atoms with Crippen LogP contribution in [-0.2, 0) is 13.6 Å². The summed E-state index contributed by atoms with van der Waals surface area (Å²) >= 11 is 0. The Morgan fingerprint density at radius 1 is 1.62 bits per heavy atom. The molecule has 0 aliphatic rings. The number of aromatic nitrogens is 2. The molecule has 2 N–H and O–H groups in total. The lowest BCUT2D eigenvalue weighted by Gasteiger charge is -2.05. The summed E-state index contributed by atoms with van der Waals surface area (Å²) in [5.74, 6) is 2.35. The number of nitrogens with zero attached hydrogens (tertiary/aromatic N) is 2. The first-order chi connectivity index (χ1) is 6.07. The highest BCUT2D eigenvalue weighted by Gasteiger charge is 2.03. The first-order valence-electron chi connectivity index (χ1n) is 3.57. The van der Waals surface area contributed by atoms with Gasteiger partial charge in [-0.05, 0) is 0 Å². The molecule has 68 valence electrons. The highest BCUT2D eigenvalue weighted by atomic mass is 16.2. The number of rotatable bonds is 1. The molecule has 0 aliphatic heterocycles. The van der Waals surface area contributed by atoms with E-state index in [4.69, 9.17) is 12.2 Å². The van der Waals surface area contributed by atoms with Crippen molar-refractivity contribution in [1.29, 1.82) is 0 Å². The zero-order valence-electron chi connectivity index (χ0n) is 7.15. The molecule has 13 heavy (non-hydrogen) atoms. The highest BCUT2D eigenvalue weighted by molar-refractivity contribution is 5.26. The van der Waals surface area contributed by atoms with Crippen LogP contribution in [0.3, 0.4) is 0 Å². The Morgan fingerprint density at radius 3 is 2.77 bits per heavy atom. The predicted molar refractivity (Wildman–Crippen MR) is 49.2 cm³/mol. The summed E-state index contributed by atoms with van der Waals surface area (Å²) in [6.45, 7) is -0.0359. The average Bonchev–Trinajstić information content (AvgIpc) is 2.09. The Morgan fingerprint density at radius 2 is 2.23 bits per heavy atom. The van der Waals surface area contributed by atoms with Gasteiger partial charge >= 0.3 is 5.69 Å². The molecule has 1 aromatic heterocycles. The van der Waals surface area contributed by atoms with Gasteiger partial charge in [-0.3, -0.25) is 9.36 Å². The summed E-state index contributed by atoms with van der Waals surface area (Å²) in [5.41, 5.74) is 4.41. The van der Waals surface area contributed by atoms with E-state index in [1.54, 1.807) is 0 Å². The van der Waals surface area contributed by atoms with Crippen molar-refractivity contribution in [3.05, 3.63) is 26.9 Å². The van der Waals surface area contributed by atoms with Crippen LogP contribution in [0.25, 0.3) is 0 Å². The lowest BCUT2D eigenvalue weighted by molar-refractivity contribution is 0.664. The third-order valence-corrected chi connectivity index (χ3v) is 1.69. The molecule has 0 bridgehead atoms. The molecule has 0 radical (unpaired) electrons. The van der Waals surface area contributed by atoms with Gasteiger partial charge in [0.05, 0.1) is 6.54 Å². The van der Waals surface area contributed by atoms with Gasteiger partial charge in [0.2, 0.25) is 0 Å². The van der Waals surface area contributed by atoms with Gasteiger partial charge in [0.1, 0.15) is 5.82 Å². The van der Waals surface area contributed by atoms with Gasteiger partial charge in [-0.15, -0.1) is 6.42 Å². The number of anilines is 1. The normalized spacial score (nSPS) is 9.54. The van der Waals surface area contributed by atoms with Crippen molar-refractivity contribution in [3.8, 4) is 12.3 Å². The van der Waals surface area contributed by atoms with Gasteiger partial charge in [0.25, 0.3) is 5.56 Å². The number of hydrogen-bond donors (Lipinski definition) is 1. The molecule has 5 nitrogen and oxygen atoms in total. The van der Waals surface area contributed by atoms with Gasteiger partial charge in [-0.1, -0.05) is 5.92 Å². The lowest BCUT2D eigenvalue weighted by atomic mass is 10.5. The van der Waals surface area contributed by atoms with Crippen LogP contribution in [0.15, 0.2) is 15.7 Å². The third kappa shape index (κ3) is 1.47. The number of nitrogens with two attached hydrogens (primary N) is 1. The van der Waals surface area contributed by atoms with E-state index in [1.807, 2.05) is 0 Å². The monoisotopic (exact) mass is 179 g/mol. The van der Waals surface area contributed by atoms with Crippen LogP contribution in [0.2, 0.25) is 0 Å². The highest BCUT2D eigenvalue weighted by Crippen LogP contribution is 1.88. The molecule has 0 fully saturated rings. The maximum absolute atomic E-state index is 11.4. The van der Waals surface area contributed by atoms with Crippen molar-refractivity contribution in [2.75, 3.05) is 5.73 Å². The minimum atomic E-state index is -0.497. The second-order valence-electron chi connectivity index (χ2n) is 2.54. The second-order valence-corrected chi connectivity index (χ2v) is 2.54. The SMILES string of the molecule is C#CCn1c(=O)cc(N)n(C)c1=O. The van der Waals surface area contributed by atoms with E-state index in [0.717, 1.165) is 4.57 Å². The van der Waals surface area contributed by atoms with E-state index < -0.39 is 11.2 Å². The quantitative estimate of drug-likeness (QED) is 0.548. The van der Waals surface area contributed by atoms with Crippen LogP contribution in [0.4, 0.5) is 5.82 Å². The molecule has 0 unspecified atom stereocenters. The Bertz CT molecular complexity index is 476. The molecule has 0 saturated heterocycles. The van der Waals surface area contributed by atoms with Crippen molar-refractivity contribution >= 4 is 5.82 Å². The van der Waals surface area contributed by atoms with Gasteiger partial charge in [0, 0.05) is 13.1 Å². The van der Waals surface area contributed by atoms with Crippen molar-refractivity contribution in [2.45, 2.75) is 6.54 Å². The van der Waals surface area contributed by atoms with Gasteiger partial charge < -0.3 is 5.73 Å². The van der Waals surface area contributed by atoms with Crippen LogP contribution in [0, 0.1) is 12.3 Å². The van der Waals surface area contributed by atoms with Crippen LogP contribution < -0.4 is 17.0 Å². The second kappa shape index (κ2) is 3.19. The summed E-state index contributed by atoms with van der Waals surface area (Å²) in [4.78, 5) is 22.5. The van der Waals surface area contributed by atoms with Crippen LogP contribution in [0.1, 0.15) is 0 Å². The first-order valence-corrected chi connectivity index (χ1v) is 3.57. The van der Waals surface area contributed by atoms with E-state index in [1.165, 1.54) is 17.7 Å². The molecule has 1 aromatic rings. The fraction of sp³-hybridized carbons (Fsp3) is 0.250. The number of nitrogen functional groups attached to an aromatic ring is 1. The van der Waals surface area contributed by atoms with Gasteiger partial charge in [0.15, 0.2) is 0 Å². The molecular weight excluding hydrogens is 170 g/mol. The molecule has 0 spiro atoms. The van der Waals surface area contributed by atoms with Crippen LogP contribution in [0.5, 0.6) is 0 Å². The molecule has 0 atom stereocenters. The van der Waals surface area contributed by atoms with Crippen LogP contribution >= 0.6 is 0 Å². The van der Waals surface area contributed by atoms with Crippen molar-refractivity contribution in [1.82, 2.24) is 9.13 Å². The summed E-state index contributed by atoms with van der Waals surface area (Å²) in [5, 5.41) is 0. The Balaban J connectivity index is 3.56. The van der Waals surface area contributed by atoms with E-state index in [0.29, 0.717) is 0 Å². The van der Waals surface area contributed by atoms with Crippen molar-refractivity contribution < 1.29 is 0 Å². The van der Waals surface area contributed by atoms with E-state index in [2.05, 4.69) is 5.92 Å². The minimum absolute atomic E-state index is 0.0359. The van der Waals surface area contributed by atoms with E-state index in [-0.39, 0.29) is 12.4 Å². The number of hydrogen-bond acceptors (Lipinski definition) is 3. The minimum Gasteiger partial charge on any atom is -0.385 e. The Labute approximate surface area is 74.4 Å². The summed E-state index contributed by atoms with van der Waals surface area (Å²) in [6, 6.07) is 1.17. The maximum atomic E-state index is 11.4. The topological polar surface area (TPSA) is 70.0 Å². The zero-order valence-corrected chi connectivity index (χ0v) is 7.15. The fourth-order valence-corrected chi connectivity index (χ4v) is 0.924. The molecule has 5 heteroatoms. The Hall–Kier alpha value is -1.96. The largest absolute Gasteiger partial charge is 0.385 e. The van der Waals surface area contributed by atoms with Crippen molar-refractivity contribution in [3.63, 3.8) is 0 Å². The molecule has 0 aliphatic carbocycles. The summed E-state index contributed by atoms with van der Waals surface area (Å²) < 4.78 is 2.11. The smallest absolute Gasteiger partial charge is 0.333 e. The summed E-state index contributed by atoms with van der Waals surface area (Å²) in [7, 11) is 1.48. The van der Waals surface area contributed by atoms with Gasteiger partial charge in [-0.2, -0.15) is 0 Å². The molecule has 1 heterocycles. The maximum Gasteiger partial charge on any atom is 0.333 e. The predicted octanol–water partition coefficient (Wildman–Crippen LogP) is -1.24. The number of terminal acetylenes is 1. The third-order valence-electron chi connectivity index (χ3n) is 1.69. The standard InChI is InChI=1S/C8H9N3O2/c1-3-4-11-7(12)5-6(9)10(2)8(11)13/h1,5H,4,9H2,2H3. The van der Waals surface area contributed by atoms with E-state index >= 15 is 0 Å². The first kappa shape index (κ1) is 9.13. The molecule has 0 amide bonds. The molecular formula is C8H9N3O2. The lowest BCUT2D eigenvalue weighted by Crippen LogP contribution is -2.39. The van der Waals surface area contributed by atoms with Gasteiger partial charge in [-0.25, -0.2) is 9.36 Å². The summed E-state index contributed by atoms with van der Waals surface area (Å²) in [6.07, 6.45) is 5.00.